The average molecular weight is 232 g/mol. The molecule has 0 fully saturated rings. The molecule has 0 bridgehead atoms. The van der Waals surface area contributed by atoms with Crippen molar-refractivity contribution in [3.8, 4) is 0 Å². The number of hydrogen-bond acceptors (Lipinski definition) is 5. The molecule has 0 aliphatic carbocycles. The van der Waals surface area contributed by atoms with Gasteiger partial charge in [-0.05, 0) is 19.9 Å². The first-order chi connectivity index (χ1) is 8.06. The first kappa shape index (κ1) is 11.4. The maximum atomic E-state index is 5.85. The summed E-state index contributed by atoms with van der Waals surface area (Å²) in [7, 11) is 1.81. The predicted molar refractivity (Wildman–Crippen MR) is 66.5 cm³/mol. The van der Waals surface area contributed by atoms with E-state index in [9.17, 15) is 0 Å². The number of nitrogens with zero attached hydrogens (tertiary/aromatic N) is 4. The normalized spacial score (nSPS) is 10.5. The van der Waals surface area contributed by atoms with Crippen molar-refractivity contribution in [1.29, 1.82) is 0 Å². The molecule has 0 spiro atoms. The van der Waals surface area contributed by atoms with Crippen LogP contribution in [0.2, 0.25) is 0 Å². The summed E-state index contributed by atoms with van der Waals surface area (Å²) in [5.74, 6) is 1.27. The van der Waals surface area contributed by atoms with Gasteiger partial charge >= 0.3 is 0 Å². The molecule has 2 aromatic rings. The van der Waals surface area contributed by atoms with Crippen LogP contribution in [0.25, 0.3) is 0 Å². The van der Waals surface area contributed by atoms with Crippen molar-refractivity contribution in [2.24, 2.45) is 7.05 Å². The highest BCUT2D eigenvalue weighted by Gasteiger charge is 2.05. The van der Waals surface area contributed by atoms with Gasteiger partial charge in [0, 0.05) is 30.5 Å². The second-order valence-corrected chi connectivity index (χ2v) is 4.01. The van der Waals surface area contributed by atoms with Crippen molar-refractivity contribution < 1.29 is 0 Å². The summed E-state index contributed by atoms with van der Waals surface area (Å²) >= 11 is 0. The lowest BCUT2D eigenvalue weighted by molar-refractivity contribution is 0.778. The number of aromatic nitrogens is 4. The molecule has 0 atom stereocenters. The Morgan fingerprint density at radius 3 is 2.47 bits per heavy atom. The van der Waals surface area contributed by atoms with Gasteiger partial charge in [0.05, 0.1) is 6.20 Å². The van der Waals surface area contributed by atoms with Crippen LogP contribution in [-0.4, -0.2) is 19.7 Å². The van der Waals surface area contributed by atoms with E-state index in [1.807, 2.05) is 27.0 Å². The largest absolute Gasteiger partial charge is 0.384 e. The number of nitrogens with one attached hydrogen (secondary N) is 1. The molecular weight excluding hydrogens is 216 g/mol. The number of nitrogen functional groups attached to an aromatic ring is 1. The van der Waals surface area contributed by atoms with Crippen molar-refractivity contribution in [3.05, 3.63) is 29.2 Å². The zero-order valence-electron chi connectivity index (χ0n) is 10.2. The van der Waals surface area contributed by atoms with Crippen LogP contribution in [-0.2, 0) is 13.6 Å². The lowest BCUT2D eigenvalue weighted by Crippen LogP contribution is -2.07. The van der Waals surface area contributed by atoms with Gasteiger partial charge in [-0.3, -0.25) is 4.68 Å². The van der Waals surface area contributed by atoms with Gasteiger partial charge in [-0.2, -0.15) is 5.10 Å². The van der Waals surface area contributed by atoms with Gasteiger partial charge < -0.3 is 11.1 Å². The highest BCUT2D eigenvalue weighted by atomic mass is 15.3. The van der Waals surface area contributed by atoms with E-state index in [0.29, 0.717) is 18.3 Å². The van der Waals surface area contributed by atoms with E-state index in [1.54, 1.807) is 10.9 Å². The van der Waals surface area contributed by atoms with Gasteiger partial charge in [0.15, 0.2) is 0 Å². The Bertz CT molecular complexity index is 511. The predicted octanol–water partition coefficient (Wildman–Crippen LogP) is 1.02. The highest BCUT2D eigenvalue weighted by molar-refractivity contribution is 5.41. The summed E-state index contributed by atoms with van der Waals surface area (Å²) in [4.78, 5) is 8.59. The smallest absolute Gasteiger partial charge is 0.223 e. The Hall–Kier alpha value is -2.11. The Morgan fingerprint density at radius 2 is 1.94 bits per heavy atom. The molecule has 6 nitrogen and oxygen atoms in total. The molecule has 2 rings (SSSR count). The molecule has 0 amide bonds. The monoisotopic (exact) mass is 232 g/mol. The lowest BCUT2D eigenvalue weighted by Gasteiger charge is -2.06. The molecule has 2 aromatic heterocycles. The van der Waals surface area contributed by atoms with Crippen LogP contribution in [0.1, 0.15) is 17.0 Å². The van der Waals surface area contributed by atoms with Gasteiger partial charge in [-0.15, -0.1) is 0 Å². The third-order valence-corrected chi connectivity index (χ3v) is 2.48. The molecule has 0 radical (unpaired) electrons. The van der Waals surface area contributed by atoms with Crippen LogP contribution in [0.5, 0.6) is 0 Å². The lowest BCUT2D eigenvalue weighted by atomic mass is 10.3. The summed E-state index contributed by atoms with van der Waals surface area (Å²) in [5.41, 5.74) is 8.67. The molecule has 0 aromatic carbocycles. The Labute approximate surface area is 99.9 Å². The summed E-state index contributed by atoms with van der Waals surface area (Å²) in [6.45, 7) is 4.46. The van der Waals surface area contributed by atoms with Crippen LogP contribution in [0.3, 0.4) is 0 Å². The molecule has 0 aliphatic rings. The van der Waals surface area contributed by atoms with Crippen LogP contribution in [0.4, 0.5) is 11.8 Å². The number of hydrogen-bond donors (Lipinski definition) is 2. The Kier molecular flexibility index (Phi) is 2.95. The average Bonchev–Trinajstić information content (AvgIpc) is 2.56. The molecular formula is C11H16N6. The van der Waals surface area contributed by atoms with Gasteiger partial charge in [0.1, 0.15) is 5.82 Å². The zero-order chi connectivity index (χ0) is 12.4. The van der Waals surface area contributed by atoms with Gasteiger partial charge in [-0.25, -0.2) is 9.97 Å². The van der Waals surface area contributed by atoms with E-state index in [0.717, 1.165) is 17.0 Å². The molecule has 3 N–H and O–H groups in total. The van der Waals surface area contributed by atoms with Crippen LogP contribution in [0, 0.1) is 13.8 Å². The quantitative estimate of drug-likeness (QED) is 0.825. The van der Waals surface area contributed by atoms with E-state index in [-0.39, 0.29) is 0 Å². The van der Waals surface area contributed by atoms with E-state index >= 15 is 0 Å². The summed E-state index contributed by atoms with van der Waals surface area (Å²) in [5, 5.41) is 7.22. The number of anilines is 2. The number of nitrogens with two attached hydrogens (primary N) is 1. The summed E-state index contributed by atoms with van der Waals surface area (Å²) < 4.78 is 1.64. The number of rotatable bonds is 3. The van der Waals surface area contributed by atoms with E-state index in [1.165, 1.54) is 0 Å². The molecule has 0 aliphatic heterocycles. The topological polar surface area (TPSA) is 81.7 Å². The van der Waals surface area contributed by atoms with Crippen molar-refractivity contribution in [2.75, 3.05) is 11.1 Å². The molecule has 6 heteroatoms. The molecule has 0 unspecified atom stereocenters. The minimum atomic E-state index is 0.572. The maximum absolute atomic E-state index is 5.85. The van der Waals surface area contributed by atoms with E-state index in [2.05, 4.69) is 20.4 Å². The fraction of sp³-hybridized carbons (Fsp3) is 0.364. The fourth-order valence-electron chi connectivity index (χ4n) is 1.61. The van der Waals surface area contributed by atoms with Crippen molar-refractivity contribution >= 4 is 11.8 Å². The van der Waals surface area contributed by atoms with Gasteiger partial charge in [0.2, 0.25) is 5.95 Å². The maximum Gasteiger partial charge on any atom is 0.223 e. The zero-order valence-corrected chi connectivity index (χ0v) is 10.2. The minimum absolute atomic E-state index is 0.572. The molecule has 17 heavy (non-hydrogen) atoms. The van der Waals surface area contributed by atoms with Crippen molar-refractivity contribution in [2.45, 2.75) is 20.4 Å². The Morgan fingerprint density at radius 1 is 1.29 bits per heavy atom. The highest BCUT2D eigenvalue weighted by Crippen LogP contribution is 2.11. The molecule has 0 saturated heterocycles. The first-order valence-corrected chi connectivity index (χ1v) is 5.39. The van der Waals surface area contributed by atoms with Crippen LogP contribution >= 0.6 is 0 Å². The van der Waals surface area contributed by atoms with E-state index < -0.39 is 0 Å². The van der Waals surface area contributed by atoms with Crippen molar-refractivity contribution in [1.82, 2.24) is 19.7 Å². The Balaban J connectivity index is 2.09. The molecule has 0 saturated carbocycles. The third-order valence-electron chi connectivity index (χ3n) is 2.48. The minimum Gasteiger partial charge on any atom is -0.384 e. The summed E-state index contributed by atoms with van der Waals surface area (Å²) in [6.07, 6.45) is 1.74. The van der Waals surface area contributed by atoms with Gasteiger partial charge in [-0.1, -0.05) is 0 Å². The molecule has 2 heterocycles. The standard InChI is InChI=1S/C11H16N6/c1-7-4-8(2)16-11(15-7)13-5-9-6-14-17(3)10(9)12/h4,6H,5,12H2,1-3H3,(H,13,15,16). The second-order valence-electron chi connectivity index (χ2n) is 4.01. The summed E-state index contributed by atoms with van der Waals surface area (Å²) in [6, 6.07) is 1.93. The van der Waals surface area contributed by atoms with Crippen LogP contribution in [0.15, 0.2) is 12.3 Å². The number of aryl methyl sites for hydroxylation is 3. The van der Waals surface area contributed by atoms with E-state index in [4.69, 9.17) is 5.73 Å². The molecule has 90 valence electrons. The van der Waals surface area contributed by atoms with Crippen molar-refractivity contribution in [3.63, 3.8) is 0 Å². The fourth-order valence-corrected chi connectivity index (χ4v) is 1.61. The van der Waals surface area contributed by atoms with Crippen LogP contribution < -0.4 is 11.1 Å². The first-order valence-electron chi connectivity index (χ1n) is 5.39. The van der Waals surface area contributed by atoms with Gasteiger partial charge in [0.25, 0.3) is 0 Å². The second kappa shape index (κ2) is 4.40. The third kappa shape index (κ3) is 2.52. The SMILES string of the molecule is Cc1cc(C)nc(NCc2cnn(C)c2N)n1.